The van der Waals surface area contributed by atoms with E-state index in [2.05, 4.69) is 0 Å². The van der Waals surface area contributed by atoms with Crippen molar-refractivity contribution in [2.75, 3.05) is 12.4 Å². The lowest BCUT2D eigenvalue weighted by Gasteiger charge is -2.08. The van der Waals surface area contributed by atoms with Gasteiger partial charge in [-0.3, -0.25) is 9.59 Å². The summed E-state index contributed by atoms with van der Waals surface area (Å²) in [5.41, 5.74) is 0.634. The Hall–Kier alpha value is -3.29. The van der Waals surface area contributed by atoms with Gasteiger partial charge in [0.1, 0.15) is 0 Å². The lowest BCUT2D eigenvalue weighted by atomic mass is 10.1. The van der Waals surface area contributed by atoms with Crippen LogP contribution >= 0.6 is 0 Å². The van der Waals surface area contributed by atoms with Gasteiger partial charge in [-0.05, 0) is 42.0 Å². The van der Waals surface area contributed by atoms with Crippen LogP contribution in [0.15, 0.2) is 48.5 Å². The molecule has 0 spiro atoms. The Morgan fingerprint density at radius 2 is 1.88 bits per heavy atom. The van der Waals surface area contributed by atoms with Crippen molar-refractivity contribution in [3.05, 3.63) is 59.7 Å². The molecule has 0 heterocycles. The lowest BCUT2D eigenvalue weighted by Crippen LogP contribution is -2.29. The van der Waals surface area contributed by atoms with E-state index in [9.17, 15) is 27.9 Å². The Morgan fingerprint density at radius 1 is 1.15 bits per heavy atom. The molecule has 136 valence electrons. The molecule has 8 heteroatoms. The quantitative estimate of drug-likeness (QED) is 0.624. The zero-order chi connectivity index (χ0) is 19.3. The van der Waals surface area contributed by atoms with Crippen molar-refractivity contribution in [1.82, 2.24) is 0 Å². The van der Waals surface area contributed by atoms with E-state index in [0.717, 1.165) is 0 Å². The Kier molecular flexibility index (Phi) is 5.66. The minimum absolute atomic E-state index is 0.0479. The van der Waals surface area contributed by atoms with Gasteiger partial charge >= 0.3 is 12.1 Å². The molecule has 0 atom stereocenters. The molecule has 2 aromatic carbocycles. The number of allylic oxidation sites excluding steroid dienone is 1. The van der Waals surface area contributed by atoms with Crippen LogP contribution in [0.2, 0.25) is 0 Å². The normalized spacial score (nSPS) is 11.4. The number of carbonyl (C=O) groups excluding carboxylic acids is 2. The Balaban J connectivity index is 2.14. The maximum Gasteiger partial charge on any atom is 0.471 e. The summed E-state index contributed by atoms with van der Waals surface area (Å²) in [6.45, 7) is 0. The SMILES string of the molecule is COc1cc(C(=O)/C=C/c2cccc(NC(=O)C(F)(F)F)c2)ccc1O. The Bertz CT molecular complexity index is 860. The number of aromatic hydroxyl groups is 1. The van der Waals surface area contributed by atoms with Crippen LogP contribution < -0.4 is 10.1 Å². The van der Waals surface area contributed by atoms with E-state index in [-0.39, 0.29) is 22.7 Å². The van der Waals surface area contributed by atoms with E-state index in [1.165, 1.54) is 55.7 Å². The maximum absolute atomic E-state index is 12.3. The van der Waals surface area contributed by atoms with Crippen LogP contribution in [-0.2, 0) is 4.79 Å². The molecule has 0 unspecified atom stereocenters. The minimum atomic E-state index is -4.99. The van der Waals surface area contributed by atoms with Crippen molar-refractivity contribution >= 4 is 23.5 Å². The molecule has 0 radical (unpaired) electrons. The van der Waals surface area contributed by atoms with Crippen LogP contribution in [0.1, 0.15) is 15.9 Å². The van der Waals surface area contributed by atoms with Crippen molar-refractivity contribution < 1.29 is 32.6 Å². The molecule has 2 N–H and O–H groups in total. The summed E-state index contributed by atoms with van der Waals surface area (Å²) in [5, 5.41) is 11.3. The number of alkyl halides is 3. The second-order valence-electron chi connectivity index (χ2n) is 5.16. The second kappa shape index (κ2) is 7.73. The fraction of sp³-hybridized carbons (Fsp3) is 0.111. The van der Waals surface area contributed by atoms with E-state index < -0.39 is 17.9 Å². The smallest absolute Gasteiger partial charge is 0.471 e. The first-order valence-corrected chi connectivity index (χ1v) is 7.28. The summed E-state index contributed by atoms with van der Waals surface area (Å²) in [5.74, 6) is -2.44. The number of phenols is 1. The van der Waals surface area contributed by atoms with E-state index in [1.54, 1.807) is 11.4 Å². The molecule has 0 aromatic heterocycles. The first-order chi connectivity index (χ1) is 12.2. The van der Waals surface area contributed by atoms with Crippen LogP contribution in [-0.4, -0.2) is 30.1 Å². The monoisotopic (exact) mass is 365 g/mol. The number of phenolic OH excluding ortho intramolecular Hbond substituents is 1. The molecule has 1 amide bonds. The zero-order valence-corrected chi connectivity index (χ0v) is 13.5. The third kappa shape index (κ3) is 4.85. The number of ether oxygens (including phenoxy) is 1. The molecule has 0 saturated heterocycles. The highest BCUT2D eigenvalue weighted by Crippen LogP contribution is 2.26. The number of nitrogens with one attached hydrogen (secondary N) is 1. The van der Waals surface area contributed by atoms with Crippen molar-refractivity contribution in [2.24, 2.45) is 0 Å². The lowest BCUT2D eigenvalue weighted by molar-refractivity contribution is -0.167. The third-order valence-corrected chi connectivity index (χ3v) is 3.29. The largest absolute Gasteiger partial charge is 0.504 e. The van der Waals surface area contributed by atoms with E-state index in [4.69, 9.17) is 4.74 Å². The number of hydrogen-bond acceptors (Lipinski definition) is 4. The summed E-state index contributed by atoms with van der Waals surface area (Å²) < 4.78 is 41.7. The molecule has 5 nitrogen and oxygen atoms in total. The van der Waals surface area contributed by atoms with Crippen molar-refractivity contribution in [3.63, 3.8) is 0 Å². The van der Waals surface area contributed by atoms with Crippen LogP contribution in [0, 0.1) is 0 Å². The number of anilines is 1. The van der Waals surface area contributed by atoms with Gasteiger partial charge in [0.2, 0.25) is 0 Å². The molecule has 2 rings (SSSR count). The van der Waals surface area contributed by atoms with Gasteiger partial charge in [-0.2, -0.15) is 13.2 Å². The number of hydrogen-bond donors (Lipinski definition) is 2. The van der Waals surface area contributed by atoms with Gasteiger partial charge in [-0.25, -0.2) is 0 Å². The van der Waals surface area contributed by atoms with Crippen LogP contribution in [0.3, 0.4) is 0 Å². The minimum Gasteiger partial charge on any atom is -0.504 e. The molecule has 2 aromatic rings. The summed E-state index contributed by atoms with van der Waals surface area (Å²) >= 11 is 0. The molecule has 26 heavy (non-hydrogen) atoms. The average Bonchev–Trinajstić information content (AvgIpc) is 2.59. The van der Waals surface area contributed by atoms with Gasteiger partial charge < -0.3 is 15.2 Å². The van der Waals surface area contributed by atoms with Gasteiger partial charge in [0, 0.05) is 11.3 Å². The zero-order valence-electron chi connectivity index (χ0n) is 13.5. The summed E-state index contributed by atoms with van der Waals surface area (Å²) in [6.07, 6.45) is -2.37. The fourth-order valence-electron chi connectivity index (χ4n) is 2.02. The van der Waals surface area contributed by atoms with Crippen LogP contribution in [0.25, 0.3) is 6.08 Å². The predicted octanol–water partition coefficient (Wildman–Crippen LogP) is 3.80. The fourth-order valence-corrected chi connectivity index (χ4v) is 2.02. The number of benzene rings is 2. The standard InChI is InChI=1S/C18H14F3NO4/c1-26-16-10-12(6-8-15(16)24)14(23)7-5-11-3-2-4-13(9-11)22-17(25)18(19,20)21/h2-10,24H,1H3,(H,22,25)/b7-5+. The number of carbonyl (C=O) groups is 2. The van der Waals surface area contributed by atoms with E-state index in [1.807, 2.05) is 0 Å². The second-order valence-corrected chi connectivity index (χ2v) is 5.16. The first-order valence-electron chi connectivity index (χ1n) is 7.28. The Labute approximate surface area is 146 Å². The number of rotatable bonds is 5. The topological polar surface area (TPSA) is 75.6 Å². The summed E-state index contributed by atoms with van der Waals surface area (Å²) in [6, 6.07) is 9.68. The van der Waals surface area contributed by atoms with E-state index in [0.29, 0.717) is 5.56 Å². The molecular formula is C18H14F3NO4. The third-order valence-electron chi connectivity index (χ3n) is 3.29. The van der Waals surface area contributed by atoms with Crippen LogP contribution in [0.4, 0.5) is 18.9 Å². The van der Waals surface area contributed by atoms with Gasteiger partial charge in [0.05, 0.1) is 7.11 Å². The highest BCUT2D eigenvalue weighted by Gasteiger charge is 2.38. The molecular weight excluding hydrogens is 351 g/mol. The number of ketones is 1. The number of methoxy groups -OCH3 is 1. The molecule has 0 fully saturated rings. The van der Waals surface area contributed by atoms with Crippen LogP contribution in [0.5, 0.6) is 11.5 Å². The van der Waals surface area contributed by atoms with Crippen molar-refractivity contribution in [3.8, 4) is 11.5 Å². The molecule has 0 aliphatic heterocycles. The number of amides is 1. The van der Waals surface area contributed by atoms with Crippen molar-refractivity contribution in [1.29, 1.82) is 0 Å². The predicted molar refractivity (Wildman–Crippen MR) is 89.2 cm³/mol. The summed E-state index contributed by atoms with van der Waals surface area (Å²) in [4.78, 5) is 23.1. The highest BCUT2D eigenvalue weighted by molar-refractivity contribution is 6.07. The average molecular weight is 365 g/mol. The number of halogens is 3. The van der Waals surface area contributed by atoms with E-state index >= 15 is 0 Å². The van der Waals surface area contributed by atoms with Gasteiger partial charge in [0.15, 0.2) is 17.3 Å². The molecule has 0 bridgehead atoms. The summed E-state index contributed by atoms with van der Waals surface area (Å²) in [7, 11) is 1.35. The van der Waals surface area contributed by atoms with Crippen molar-refractivity contribution in [2.45, 2.75) is 6.18 Å². The first kappa shape index (κ1) is 19.0. The maximum atomic E-state index is 12.3. The van der Waals surface area contributed by atoms with Gasteiger partial charge in [0.25, 0.3) is 0 Å². The molecule has 0 aliphatic carbocycles. The van der Waals surface area contributed by atoms with Gasteiger partial charge in [-0.1, -0.05) is 18.2 Å². The molecule has 0 aliphatic rings. The highest BCUT2D eigenvalue weighted by atomic mass is 19.4. The van der Waals surface area contributed by atoms with Gasteiger partial charge in [-0.15, -0.1) is 0 Å². The Morgan fingerprint density at radius 3 is 2.54 bits per heavy atom. The molecule has 0 saturated carbocycles.